The van der Waals surface area contributed by atoms with Crippen LogP contribution >= 0.6 is 11.6 Å². The van der Waals surface area contributed by atoms with Crippen molar-refractivity contribution in [1.82, 2.24) is 0 Å². The topological polar surface area (TPSA) is 0 Å². The smallest absolute Gasteiger partial charge is 0.0391 e. The first-order valence-corrected chi connectivity index (χ1v) is 4.58. The Labute approximate surface area is 76.0 Å². The molecule has 0 amide bonds. The van der Waals surface area contributed by atoms with Gasteiger partial charge in [0.1, 0.15) is 0 Å². The highest BCUT2D eigenvalue weighted by molar-refractivity contribution is 6.31. The van der Waals surface area contributed by atoms with Gasteiger partial charge in [-0.3, -0.25) is 0 Å². The van der Waals surface area contributed by atoms with Gasteiger partial charge in [-0.1, -0.05) is 44.0 Å². The highest BCUT2D eigenvalue weighted by Crippen LogP contribution is 2.12. The molecule has 0 aliphatic rings. The molecule has 66 valence electrons. The summed E-state index contributed by atoms with van der Waals surface area (Å²) in [4.78, 5) is 0. The maximum absolute atomic E-state index is 5.82. The fraction of sp³-hybridized carbons (Fsp3) is 0.600. The van der Waals surface area contributed by atoms with Gasteiger partial charge in [0.25, 0.3) is 0 Å². The van der Waals surface area contributed by atoms with Gasteiger partial charge in [0, 0.05) is 5.03 Å². The Morgan fingerprint density at radius 2 is 1.82 bits per heavy atom. The SMILES string of the molecule is C/C=C\C(Cl)=C(\C)CC.CC. The van der Waals surface area contributed by atoms with Gasteiger partial charge in [0.05, 0.1) is 0 Å². The van der Waals surface area contributed by atoms with Crippen LogP contribution in [0.4, 0.5) is 0 Å². The second kappa shape index (κ2) is 9.77. The van der Waals surface area contributed by atoms with Gasteiger partial charge < -0.3 is 0 Å². The van der Waals surface area contributed by atoms with Crippen LogP contribution in [0.25, 0.3) is 0 Å². The highest BCUT2D eigenvalue weighted by atomic mass is 35.5. The Morgan fingerprint density at radius 3 is 2.09 bits per heavy atom. The van der Waals surface area contributed by atoms with Crippen molar-refractivity contribution in [3.63, 3.8) is 0 Å². The van der Waals surface area contributed by atoms with E-state index in [-0.39, 0.29) is 0 Å². The van der Waals surface area contributed by atoms with Crippen LogP contribution < -0.4 is 0 Å². The summed E-state index contributed by atoms with van der Waals surface area (Å²) in [5.41, 5.74) is 1.25. The molecule has 0 aromatic heterocycles. The molecule has 0 atom stereocenters. The van der Waals surface area contributed by atoms with Crippen LogP contribution in [-0.4, -0.2) is 0 Å². The lowest BCUT2D eigenvalue weighted by molar-refractivity contribution is 1.09. The second-order valence-corrected chi connectivity index (χ2v) is 2.39. The first-order chi connectivity index (χ1) is 5.22. The van der Waals surface area contributed by atoms with E-state index >= 15 is 0 Å². The van der Waals surface area contributed by atoms with Crippen molar-refractivity contribution in [2.45, 2.75) is 41.0 Å². The second-order valence-electron chi connectivity index (χ2n) is 1.98. The summed E-state index contributed by atoms with van der Waals surface area (Å²) in [7, 11) is 0. The quantitative estimate of drug-likeness (QED) is 0.541. The molecule has 0 rings (SSSR count). The van der Waals surface area contributed by atoms with E-state index in [2.05, 4.69) is 6.92 Å². The Kier molecular flexibility index (Phi) is 11.9. The van der Waals surface area contributed by atoms with Crippen LogP contribution in [0.15, 0.2) is 22.8 Å². The van der Waals surface area contributed by atoms with E-state index in [4.69, 9.17) is 11.6 Å². The summed E-state index contributed by atoms with van der Waals surface area (Å²) in [5, 5.41) is 0.875. The molecular weight excluding hydrogens is 156 g/mol. The molecule has 0 saturated carbocycles. The lowest BCUT2D eigenvalue weighted by atomic mass is 10.2. The average Bonchev–Trinajstić information content (AvgIpc) is 2.07. The maximum atomic E-state index is 5.82. The molecule has 0 fully saturated rings. The molecule has 0 unspecified atom stereocenters. The largest absolute Gasteiger partial charge is 0.0862 e. The Balaban J connectivity index is 0. The predicted molar refractivity (Wildman–Crippen MR) is 55.0 cm³/mol. The van der Waals surface area contributed by atoms with Crippen molar-refractivity contribution in [3.8, 4) is 0 Å². The fourth-order valence-electron chi connectivity index (χ4n) is 0.457. The van der Waals surface area contributed by atoms with Gasteiger partial charge in [-0.25, -0.2) is 0 Å². The summed E-state index contributed by atoms with van der Waals surface area (Å²) in [6.07, 6.45) is 4.89. The van der Waals surface area contributed by atoms with Gasteiger partial charge in [0.15, 0.2) is 0 Å². The number of rotatable bonds is 2. The normalized spacial score (nSPS) is 12.2. The summed E-state index contributed by atoms with van der Waals surface area (Å²) < 4.78 is 0. The van der Waals surface area contributed by atoms with Crippen LogP contribution in [0.2, 0.25) is 0 Å². The van der Waals surface area contributed by atoms with Crippen molar-refractivity contribution in [3.05, 3.63) is 22.8 Å². The Morgan fingerprint density at radius 1 is 1.36 bits per heavy atom. The summed E-state index contributed by atoms with van der Waals surface area (Å²) in [5.74, 6) is 0. The third-order valence-electron chi connectivity index (χ3n) is 1.25. The van der Waals surface area contributed by atoms with Crippen LogP contribution in [0.5, 0.6) is 0 Å². The summed E-state index contributed by atoms with van der Waals surface area (Å²) >= 11 is 5.82. The standard InChI is InChI=1S/C8H13Cl.C2H6/c1-4-6-8(9)7(3)5-2;1-2/h4,6H,5H2,1-3H3;1-2H3/b6-4-,8-7+;. The van der Waals surface area contributed by atoms with E-state index in [1.807, 2.05) is 39.8 Å². The van der Waals surface area contributed by atoms with Crippen molar-refractivity contribution < 1.29 is 0 Å². The Hall–Kier alpha value is -0.230. The minimum Gasteiger partial charge on any atom is -0.0862 e. The molecule has 0 N–H and O–H groups in total. The van der Waals surface area contributed by atoms with Gasteiger partial charge in [0.2, 0.25) is 0 Å². The van der Waals surface area contributed by atoms with Gasteiger partial charge >= 0.3 is 0 Å². The molecule has 0 spiro atoms. The molecule has 0 aliphatic heterocycles. The van der Waals surface area contributed by atoms with Gasteiger partial charge in [-0.15, -0.1) is 0 Å². The number of hydrogen-bond donors (Lipinski definition) is 0. The van der Waals surface area contributed by atoms with Crippen molar-refractivity contribution in [1.29, 1.82) is 0 Å². The maximum Gasteiger partial charge on any atom is 0.0391 e. The van der Waals surface area contributed by atoms with Crippen molar-refractivity contribution in [2.75, 3.05) is 0 Å². The molecular formula is C10H19Cl. The third kappa shape index (κ3) is 7.67. The summed E-state index contributed by atoms with van der Waals surface area (Å²) in [6, 6.07) is 0. The van der Waals surface area contributed by atoms with E-state index in [0.29, 0.717) is 0 Å². The molecule has 0 aromatic carbocycles. The molecule has 0 radical (unpaired) electrons. The molecule has 1 heteroatoms. The molecule has 11 heavy (non-hydrogen) atoms. The van der Waals surface area contributed by atoms with Crippen LogP contribution in [0.1, 0.15) is 41.0 Å². The lowest BCUT2D eigenvalue weighted by Gasteiger charge is -1.94. The first kappa shape index (κ1) is 13.4. The van der Waals surface area contributed by atoms with E-state index in [0.717, 1.165) is 11.5 Å². The molecule has 0 saturated heterocycles. The summed E-state index contributed by atoms with van der Waals surface area (Å²) in [6.45, 7) is 10.1. The molecule has 0 bridgehead atoms. The number of halogens is 1. The van der Waals surface area contributed by atoms with E-state index in [1.165, 1.54) is 5.57 Å². The van der Waals surface area contributed by atoms with Crippen molar-refractivity contribution >= 4 is 11.6 Å². The van der Waals surface area contributed by atoms with Crippen LogP contribution in [0, 0.1) is 0 Å². The van der Waals surface area contributed by atoms with E-state index in [9.17, 15) is 0 Å². The van der Waals surface area contributed by atoms with Gasteiger partial charge in [-0.05, 0) is 26.3 Å². The molecule has 0 aromatic rings. The fourth-order valence-corrected chi connectivity index (χ4v) is 0.717. The minimum absolute atomic E-state index is 0.875. The van der Waals surface area contributed by atoms with Crippen LogP contribution in [-0.2, 0) is 0 Å². The highest BCUT2D eigenvalue weighted by Gasteiger charge is 1.89. The number of allylic oxidation sites excluding steroid dienone is 4. The van der Waals surface area contributed by atoms with E-state index in [1.54, 1.807) is 0 Å². The zero-order chi connectivity index (χ0) is 9.28. The van der Waals surface area contributed by atoms with Crippen LogP contribution in [0.3, 0.4) is 0 Å². The van der Waals surface area contributed by atoms with Gasteiger partial charge in [-0.2, -0.15) is 0 Å². The monoisotopic (exact) mass is 174 g/mol. The zero-order valence-corrected chi connectivity index (χ0v) is 9.00. The lowest BCUT2D eigenvalue weighted by Crippen LogP contribution is -1.73. The number of hydrogen-bond acceptors (Lipinski definition) is 0. The first-order valence-electron chi connectivity index (χ1n) is 4.20. The minimum atomic E-state index is 0.875. The molecule has 0 aliphatic carbocycles. The molecule has 0 nitrogen and oxygen atoms in total. The van der Waals surface area contributed by atoms with Crippen molar-refractivity contribution in [2.24, 2.45) is 0 Å². The Bertz CT molecular complexity index is 132. The predicted octanol–water partition coefficient (Wildman–Crippen LogP) is 4.51. The molecule has 0 heterocycles. The third-order valence-corrected chi connectivity index (χ3v) is 1.70. The zero-order valence-electron chi connectivity index (χ0n) is 8.24. The van der Waals surface area contributed by atoms with E-state index < -0.39 is 0 Å². The average molecular weight is 175 g/mol.